The molecular formula is C18H21ClN2O5. The molecule has 0 aliphatic carbocycles. The van der Waals surface area contributed by atoms with Crippen molar-refractivity contribution >= 4 is 23.6 Å². The minimum atomic E-state index is -0.542. The molecular weight excluding hydrogens is 360 g/mol. The van der Waals surface area contributed by atoms with Crippen LogP contribution in [-0.4, -0.2) is 29.8 Å². The molecule has 8 heteroatoms. The van der Waals surface area contributed by atoms with Gasteiger partial charge in [-0.05, 0) is 30.7 Å². The minimum Gasteiger partial charge on any atom is -0.491 e. The number of carbonyl (C=O) groups excluding carboxylic acids is 1. The van der Waals surface area contributed by atoms with E-state index in [4.69, 9.17) is 30.3 Å². The average molecular weight is 381 g/mol. The maximum absolute atomic E-state index is 11.9. The van der Waals surface area contributed by atoms with Crippen LogP contribution in [0.1, 0.15) is 44.0 Å². The van der Waals surface area contributed by atoms with Gasteiger partial charge in [0, 0.05) is 12.0 Å². The maximum Gasteiger partial charge on any atom is 0.331 e. The van der Waals surface area contributed by atoms with Crippen LogP contribution in [0.3, 0.4) is 0 Å². The van der Waals surface area contributed by atoms with E-state index in [1.165, 1.54) is 13.2 Å². The molecule has 140 valence electrons. The highest BCUT2D eigenvalue weighted by Gasteiger charge is 2.12. The van der Waals surface area contributed by atoms with Gasteiger partial charge in [-0.15, -0.1) is 0 Å². The predicted octanol–water partition coefficient (Wildman–Crippen LogP) is 4.01. The van der Waals surface area contributed by atoms with E-state index in [1.807, 2.05) is 20.8 Å². The number of ether oxygens (including phenoxy) is 3. The Kier molecular flexibility index (Phi) is 7.03. The summed E-state index contributed by atoms with van der Waals surface area (Å²) < 4.78 is 20.8. The van der Waals surface area contributed by atoms with Crippen LogP contribution >= 0.6 is 11.6 Å². The summed E-state index contributed by atoms with van der Waals surface area (Å²) in [6, 6.07) is 3.39. The normalized spacial score (nSPS) is 11.2. The first-order chi connectivity index (χ1) is 12.4. The van der Waals surface area contributed by atoms with Gasteiger partial charge in [0.25, 0.3) is 5.89 Å². The number of esters is 1. The van der Waals surface area contributed by atoms with Crippen molar-refractivity contribution in [3.05, 3.63) is 40.5 Å². The van der Waals surface area contributed by atoms with Crippen LogP contribution < -0.4 is 9.47 Å². The monoisotopic (exact) mass is 380 g/mol. The molecule has 0 fully saturated rings. The van der Waals surface area contributed by atoms with Crippen LogP contribution in [0.2, 0.25) is 5.02 Å². The average Bonchev–Trinajstić information content (AvgIpc) is 3.08. The Labute approximate surface area is 156 Å². The van der Waals surface area contributed by atoms with Gasteiger partial charge in [0.2, 0.25) is 0 Å². The number of methoxy groups -OCH3 is 1. The number of halogens is 1. The minimum absolute atomic E-state index is 0.0868. The first-order valence-electron chi connectivity index (χ1n) is 8.12. The molecule has 2 rings (SSSR count). The molecule has 0 radical (unpaired) electrons. The van der Waals surface area contributed by atoms with E-state index in [1.54, 1.807) is 18.2 Å². The van der Waals surface area contributed by atoms with E-state index >= 15 is 0 Å². The van der Waals surface area contributed by atoms with Crippen LogP contribution in [0.15, 0.2) is 22.7 Å². The van der Waals surface area contributed by atoms with Gasteiger partial charge in [-0.25, -0.2) is 4.79 Å². The van der Waals surface area contributed by atoms with Gasteiger partial charge in [0.05, 0.1) is 18.7 Å². The van der Waals surface area contributed by atoms with Crippen molar-refractivity contribution in [2.24, 2.45) is 0 Å². The zero-order chi connectivity index (χ0) is 19.1. The van der Waals surface area contributed by atoms with Crippen molar-refractivity contribution in [2.75, 3.05) is 13.7 Å². The lowest BCUT2D eigenvalue weighted by molar-refractivity contribution is -0.139. The first kappa shape index (κ1) is 19.8. The van der Waals surface area contributed by atoms with Crippen LogP contribution in [0.4, 0.5) is 0 Å². The maximum atomic E-state index is 11.9. The van der Waals surface area contributed by atoms with E-state index < -0.39 is 5.97 Å². The van der Waals surface area contributed by atoms with Gasteiger partial charge in [0.15, 0.2) is 23.9 Å². The summed E-state index contributed by atoms with van der Waals surface area (Å²) in [5.74, 6) is 1.37. The summed E-state index contributed by atoms with van der Waals surface area (Å²) in [4.78, 5) is 16.0. The number of carbonyl (C=O) groups is 1. The SMILES string of the molecule is CCOc1cc(/C=C/C(=O)OCc2nc(C(C)C)no2)cc(Cl)c1OC. The van der Waals surface area contributed by atoms with Crippen LogP contribution in [0, 0.1) is 0 Å². The van der Waals surface area contributed by atoms with E-state index in [9.17, 15) is 4.79 Å². The zero-order valence-corrected chi connectivity index (χ0v) is 15.9. The fraction of sp³-hybridized carbons (Fsp3) is 0.389. The third-order valence-corrected chi connectivity index (χ3v) is 3.57. The Morgan fingerprint density at radius 2 is 2.15 bits per heavy atom. The number of hydrogen-bond acceptors (Lipinski definition) is 7. The lowest BCUT2D eigenvalue weighted by Crippen LogP contribution is -2.01. The fourth-order valence-corrected chi connectivity index (χ4v) is 2.35. The lowest BCUT2D eigenvalue weighted by atomic mass is 10.2. The fourth-order valence-electron chi connectivity index (χ4n) is 2.05. The number of nitrogens with zero attached hydrogens (tertiary/aromatic N) is 2. The standard InChI is InChI=1S/C18H21ClN2O5/c1-5-24-14-9-12(8-13(19)17(14)23-4)6-7-16(22)25-10-15-20-18(11(2)3)21-26-15/h6-9,11H,5,10H2,1-4H3/b7-6+. The first-order valence-corrected chi connectivity index (χ1v) is 8.50. The van der Waals surface area contributed by atoms with Crippen molar-refractivity contribution in [2.45, 2.75) is 33.3 Å². The molecule has 0 amide bonds. The zero-order valence-electron chi connectivity index (χ0n) is 15.1. The molecule has 0 atom stereocenters. The third kappa shape index (κ3) is 5.23. The summed E-state index contributed by atoms with van der Waals surface area (Å²) in [6.45, 7) is 6.12. The van der Waals surface area contributed by atoms with Crippen molar-refractivity contribution in [3.63, 3.8) is 0 Å². The van der Waals surface area contributed by atoms with Gasteiger partial charge in [-0.1, -0.05) is 30.6 Å². The molecule has 0 bridgehead atoms. The molecule has 0 spiro atoms. The summed E-state index contributed by atoms with van der Waals surface area (Å²) in [6.07, 6.45) is 2.86. The van der Waals surface area contributed by atoms with Crippen molar-refractivity contribution in [1.29, 1.82) is 0 Å². The second-order valence-corrected chi connectivity index (χ2v) is 6.02. The highest BCUT2D eigenvalue weighted by Crippen LogP contribution is 2.36. The molecule has 2 aromatic rings. The van der Waals surface area contributed by atoms with Crippen molar-refractivity contribution in [1.82, 2.24) is 10.1 Å². The Bertz CT molecular complexity index is 786. The molecule has 1 aromatic heterocycles. The second-order valence-electron chi connectivity index (χ2n) is 5.61. The van der Waals surface area contributed by atoms with Crippen LogP contribution in [-0.2, 0) is 16.1 Å². The molecule has 0 unspecified atom stereocenters. The summed E-state index contributed by atoms with van der Waals surface area (Å²) in [7, 11) is 1.51. The lowest BCUT2D eigenvalue weighted by Gasteiger charge is -2.11. The molecule has 0 saturated carbocycles. The molecule has 0 aliphatic heterocycles. The second kappa shape index (κ2) is 9.24. The Balaban J connectivity index is 2.00. The van der Waals surface area contributed by atoms with Crippen LogP contribution in [0.5, 0.6) is 11.5 Å². The molecule has 0 aliphatic rings. The summed E-state index contributed by atoms with van der Waals surface area (Å²) in [5.41, 5.74) is 0.677. The van der Waals surface area contributed by atoms with Gasteiger partial charge >= 0.3 is 5.97 Å². The molecule has 26 heavy (non-hydrogen) atoms. The number of aromatic nitrogens is 2. The molecule has 1 aromatic carbocycles. The van der Waals surface area contributed by atoms with Crippen molar-refractivity contribution < 1.29 is 23.5 Å². The van der Waals surface area contributed by atoms with E-state index in [2.05, 4.69) is 10.1 Å². The van der Waals surface area contributed by atoms with Gasteiger partial charge in [-0.3, -0.25) is 0 Å². The number of hydrogen-bond donors (Lipinski definition) is 0. The Morgan fingerprint density at radius 3 is 2.77 bits per heavy atom. The number of rotatable bonds is 8. The highest BCUT2D eigenvalue weighted by atomic mass is 35.5. The summed E-state index contributed by atoms with van der Waals surface area (Å²) >= 11 is 6.17. The van der Waals surface area contributed by atoms with Gasteiger partial charge in [-0.2, -0.15) is 4.98 Å². The van der Waals surface area contributed by atoms with Gasteiger partial charge < -0.3 is 18.7 Å². The molecule has 0 N–H and O–H groups in total. The predicted molar refractivity (Wildman–Crippen MR) is 96.4 cm³/mol. The quantitative estimate of drug-likeness (QED) is 0.505. The van der Waals surface area contributed by atoms with Crippen molar-refractivity contribution in [3.8, 4) is 11.5 Å². The smallest absolute Gasteiger partial charge is 0.331 e. The highest BCUT2D eigenvalue weighted by molar-refractivity contribution is 6.32. The largest absolute Gasteiger partial charge is 0.491 e. The third-order valence-electron chi connectivity index (χ3n) is 3.29. The van der Waals surface area contributed by atoms with E-state index in [0.717, 1.165) is 0 Å². The molecule has 1 heterocycles. The topological polar surface area (TPSA) is 83.7 Å². The molecule has 7 nitrogen and oxygen atoms in total. The molecule has 0 saturated heterocycles. The van der Waals surface area contributed by atoms with E-state index in [0.29, 0.717) is 34.5 Å². The van der Waals surface area contributed by atoms with Gasteiger partial charge in [0.1, 0.15) is 0 Å². The van der Waals surface area contributed by atoms with Crippen LogP contribution in [0.25, 0.3) is 6.08 Å². The summed E-state index contributed by atoms with van der Waals surface area (Å²) in [5, 5.41) is 4.19. The van der Waals surface area contributed by atoms with E-state index in [-0.39, 0.29) is 18.4 Å². The Morgan fingerprint density at radius 1 is 1.38 bits per heavy atom. The number of benzene rings is 1. The Hall–Kier alpha value is -2.54.